The van der Waals surface area contributed by atoms with Gasteiger partial charge in [-0.05, 0) is 30.7 Å². The molecule has 0 unspecified atom stereocenters. The number of hydrogen-bond donors (Lipinski definition) is 2. The molecule has 1 amide bonds. The third kappa shape index (κ3) is 2.43. The molecule has 0 aromatic heterocycles. The molecule has 1 aromatic carbocycles. The van der Waals surface area contributed by atoms with Gasteiger partial charge in [-0.25, -0.2) is 9.59 Å². The number of rotatable bonds is 2. The molecule has 0 bridgehead atoms. The van der Waals surface area contributed by atoms with E-state index in [1.54, 1.807) is 19.1 Å². The van der Waals surface area contributed by atoms with Crippen LogP contribution < -0.4 is 5.32 Å². The third-order valence-electron chi connectivity index (χ3n) is 1.61. The lowest BCUT2D eigenvalue weighted by Crippen LogP contribution is -2.06. The molecule has 0 aliphatic heterocycles. The molecule has 0 saturated heterocycles. The van der Waals surface area contributed by atoms with E-state index in [0.29, 0.717) is 16.9 Å². The normalized spacial score (nSPS) is 8.93. The second-order valence-electron chi connectivity index (χ2n) is 2.63. The van der Waals surface area contributed by atoms with Crippen LogP contribution in [0.1, 0.15) is 5.56 Å². The zero-order valence-corrected chi connectivity index (χ0v) is 7.44. The van der Waals surface area contributed by atoms with Crippen LogP contribution >= 0.6 is 0 Å². The molecule has 14 heavy (non-hydrogen) atoms. The number of isocyanates is 1. The molecule has 72 valence electrons. The van der Waals surface area contributed by atoms with Crippen molar-refractivity contribution in [3.8, 4) is 0 Å². The van der Waals surface area contributed by atoms with Crippen molar-refractivity contribution in [2.75, 3.05) is 5.32 Å². The fourth-order valence-corrected chi connectivity index (χ4v) is 1.03. The fraction of sp³-hybridized carbons (Fsp3) is 0.111. The number of carbonyl (C=O) groups is 1. The van der Waals surface area contributed by atoms with Gasteiger partial charge in [0, 0.05) is 5.69 Å². The number of benzene rings is 1. The van der Waals surface area contributed by atoms with Crippen molar-refractivity contribution in [3.05, 3.63) is 23.8 Å². The number of carbonyl (C=O) groups excluding carboxylic acids is 1. The highest BCUT2D eigenvalue weighted by Gasteiger charge is 2.01. The van der Waals surface area contributed by atoms with Gasteiger partial charge in [0.25, 0.3) is 0 Å². The van der Waals surface area contributed by atoms with E-state index >= 15 is 0 Å². The van der Waals surface area contributed by atoms with Crippen LogP contribution in [0.25, 0.3) is 0 Å². The molecule has 0 fully saturated rings. The monoisotopic (exact) mass is 192 g/mol. The Bertz CT molecular complexity index is 409. The van der Waals surface area contributed by atoms with Gasteiger partial charge in [0.15, 0.2) is 0 Å². The van der Waals surface area contributed by atoms with Crippen molar-refractivity contribution >= 4 is 23.5 Å². The van der Waals surface area contributed by atoms with Crippen molar-refractivity contribution in [2.45, 2.75) is 6.92 Å². The van der Waals surface area contributed by atoms with E-state index in [-0.39, 0.29) is 0 Å². The molecule has 5 heteroatoms. The number of aryl methyl sites for hydroxylation is 1. The van der Waals surface area contributed by atoms with E-state index in [4.69, 9.17) is 5.11 Å². The molecule has 2 N–H and O–H groups in total. The molecular weight excluding hydrogens is 184 g/mol. The summed E-state index contributed by atoms with van der Waals surface area (Å²) in [6, 6.07) is 4.66. The van der Waals surface area contributed by atoms with E-state index in [1.807, 2.05) is 0 Å². The highest BCUT2D eigenvalue weighted by Crippen LogP contribution is 2.21. The van der Waals surface area contributed by atoms with Crippen molar-refractivity contribution in [3.63, 3.8) is 0 Å². The number of amides is 1. The van der Waals surface area contributed by atoms with Crippen LogP contribution in [-0.4, -0.2) is 17.3 Å². The summed E-state index contributed by atoms with van der Waals surface area (Å²) in [5.74, 6) is 0. The second kappa shape index (κ2) is 4.20. The average molecular weight is 192 g/mol. The minimum Gasteiger partial charge on any atom is -0.465 e. The van der Waals surface area contributed by atoms with Crippen molar-refractivity contribution in [1.29, 1.82) is 0 Å². The van der Waals surface area contributed by atoms with Crippen molar-refractivity contribution in [1.82, 2.24) is 0 Å². The minimum atomic E-state index is -1.13. The van der Waals surface area contributed by atoms with Gasteiger partial charge in [0.05, 0.1) is 5.69 Å². The van der Waals surface area contributed by atoms with E-state index < -0.39 is 6.09 Å². The number of aliphatic imine (C=N–C) groups is 1. The molecule has 0 atom stereocenters. The van der Waals surface area contributed by atoms with Crippen LogP contribution in [-0.2, 0) is 4.79 Å². The SMILES string of the molecule is Cc1cc(NC(=O)O)ccc1N=C=O. The summed E-state index contributed by atoms with van der Waals surface area (Å²) in [6.07, 6.45) is 0.295. The van der Waals surface area contributed by atoms with E-state index in [0.717, 1.165) is 0 Å². The summed E-state index contributed by atoms with van der Waals surface area (Å²) in [5, 5.41) is 10.6. The van der Waals surface area contributed by atoms with Gasteiger partial charge >= 0.3 is 6.09 Å². The maximum atomic E-state index is 10.3. The molecule has 0 aliphatic carbocycles. The maximum Gasteiger partial charge on any atom is 0.409 e. The summed E-state index contributed by atoms with van der Waals surface area (Å²) in [4.78, 5) is 23.7. The minimum absolute atomic E-state index is 0.444. The Balaban J connectivity index is 2.99. The van der Waals surface area contributed by atoms with Gasteiger partial charge in [0.2, 0.25) is 6.08 Å². The van der Waals surface area contributed by atoms with E-state index in [2.05, 4.69) is 10.3 Å². The Kier molecular flexibility index (Phi) is 2.99. The van der Waals surface area contributed by atoms with Gasteiger partial charge in [-0.15, -0.1) is 0 Å². The molecule has 1 aromatic rings. The Hall–Kier alpha value is -2.13. The quantitative estimate of drug-likeness (QED) is 0.556. The number of anilines is 1. The summed E-state index contributed by atoms with van der Waals surface area (Å²) in [6.45, 7) is 1.73. The van der Waals surface area contributed by atoms with Crippen molar-refractivity contribution in [2.24, 2.45) is 4.99 Å². The molecule has 0 radical (unpaired) electrons. The summed E-state index contributed by atoms with van der Waals surface area (Å²) >= 11 is 0. The predicted molar refractivity (Wildman–Crippen MR) is 50.6 cm³/mol. The molecule has 1 rings (SSSR count). The first kappa shape index (κ1) is 9.95. The zero-order valence-electron chi connectivity index (χ0n) is 7.44. The largest absolute Gasteiger partial charge is 0.465 e. The molecule has 0 saturated carbocycles. The lowest BCUT2D eigenvalue weighted by atomic mass is 10.2. The van der Waals surface area contributed by atoms with Gasteiger partial charge in [-0.1, -0.05) is 0 Å². The van der Waals surface area contributed by atoms with E-state index in [9.17, 15) is 9.59 Å². The van der Waals surface area contributed by atoms with Crippen LogP contribution in [0.5, 0.6) is 0 Å². The standard InChI is InChI=1S/C9H8N2O3/c1-6-4-7(11-9(13)14)2-3-8(6)10-5-12/h2-4,11H,1H3,(H,13,14). The van der Waals surface area contributed by atoms with Crippen LogP contribution in [0.4, 0.5) is 16.2 Å². The number of hydrogen-bond acceptors (Lipinski definition) is 3. The van der Waals surface area contributed by atoms with Crippen LogP contribution in [0.2, 0.25) is 0 Å². The Morgan fingerprint density at radius 3 is 2.79 bits per heavy atom. The maximum absolute atomic E-state index is 10.3. The van der Waals surface area contributed by atoms with Crippen LogP contribution in [0, 0.1) is 6.92 Å². The van der Waals surface area contributed by atoms with Gasteiger partial charge in [0.1, 0.15) is 0 Å². The zero-order chi connectivity index (χ0) is 10.6. The van der Waals surface area contributed by atoms with E-state index in [1.165, 1.54) is 12.1 Å². The lowest BCUT2D eigenvalue weighted by molar-refractivity contribution is 0.210. The third-order valence-corrected chi connectivity index (χ3v) is 1.61. The highest BCUT2D eigenvalue weighted by molar-refractivity contribution is 5.83. The first-order chi connectivity index (χ1) is 6.63. The van der Waals surface area contributed by atoms with Gasteiger partial charge < -0.3 is 5.11 Å². The molecule has 0 heterocycles. The van der Waals surface area contributed by atoms with Crippen molar-refractivity contribution < 1.29 is 14.7 Å². The Morgan fingerprint density at radius 2 is 2.29 bits per heavy atom. The van der Waals surface area contributed by atoms with Crippen LogP contribution in [0.15, 0.2) is 23.2 Å². The first-order valence-electron chi connectivity index (χ1n) is 3.82. The topological polar surface area (TPSA) is 78.8 Å². The second-order valence-corrected chi connectivity index (χ2v) is 2.63. The molecule has 0 spiro atoms. The summed E-state index contributed by atoms with van der Waals surface area (Å²) in [5.41, 5.74) is 1.63. The molecule has 5 nitrogen and oxygen atoms in total. The fourth-order valence-electron chi connectivity index (χ4n) is 1.03. The van der Waals surface area contributed by atoms with Crippen LogP contribution in [0.3, 0.4) is 0 Å². The lowest BCUT2D eigenvalue weighted by Gasteiger charge is -2.03. The average Bonchev–Trinajstić information content (AvgIpc) is 2.09. The Morgan fingerprint density at radius 1 is 1.57 bits per heavy atom. The van der Waals surface area contributed by atoms with Gasteiger partial charge in [-0.2, -0.15) is 4.99 Å². The van der Waals surface area contributed by atoms with Gasteiger partial charge in [-0.3, -0.25) is 5.32 Å². The smallest absolute Gasteiger partial charge is 0.409 e. The Labute approximate surface area is 80.1 Å². The summed E-state index contributed by atoms with van der Waals surface area (Å²) in [7, 11) is 0. The number of carboxylic acid groups (broad SMARTS) is 1. The predicted octanol–water partition coefficient (Wildman–Crippen LogP) is 2.05. The summed E-state index contributed by atoms with van der Waals surface area (Å²) < 4.78 is 0. The highest BCUT2D eigenvalue weighted by atomic mass is 16.4. The number of nitrogens with one attached hydrogen (secondary N) is 1. The first-order valence-corrected chi connectivity index (χ1v) is 3.82. The number of nitrogens with zero attached hydrogens (tertiary/aromatic N) is 1. The molecule has 0 aliphatic rings. The molecular formula is C9H8N2O3.